The number of likely N-dealkylation sites (tertiary alicyclic amines) is 1. The highest BCUT2D eigenvalue weighted by molar-refractivity contribution is 5.83. The fourth-order valence-corrected chi connectivity index (χ4v) is 2.30. The number of hydrogen-bond acceptors (Lipinski definition) is 4. The van der Waals surface area contributed by atoms with E-state index in [9.17, 15) is 9.59 Å². The largest absolute Gasteiger partial charge is 0.453 e. The van der Waals surface area contributed by atoms with Gasteiger partial charge in [0.15, 0.2) is 0 Å². The van der Waals surface area contributed by atoms with E-state index in [1.807, 2.05) is 30.3 Å². The topological polar surface area (TPSA) is 84.7 Å². The average Bonchev–Trinajstić information content (AvgIpc) is 2.95. The molecule has 0 bridgehead atoms. The first kappa shape index (κ1) is 14.3. The van der Waals surface area contributed by atoms with Crippen LogP contribution in [0.2, 0.25) is 0 Å². The SMILES string of the molecule is COC(=O)NC1CCN(C(=O)[C@@H](N)c2ccccc2)C1. The maximum Gasteiger partial charge on any atom is 0.407 e. The predicted octanol–water partition coefficient (Wildman–Crippen LogP) is 0.643. The standard InChI is InChI=1S/C14H19N3O3/c1-20-14(19)16-11-7-8-17(9-11)13(18)12(15)10-5-3-2-4-6-10/h2-6,11-12H,7-9,15H2,1H3,(H,16,19)/t11?,12-/m0/s1. The molecule has 0 saturated carbocycles. The van der Waals surface area contributed by atoms with Gasteiger partial charge in [0.05, 0.1) is 13.2 Å². The molecule has 1 aliphatic heterocycles. The molecule has 1 heterocycles. The summed E-state index contributed by atoms with van der Waals surface area (Å²) in [7, 11) is 1.32. The van der Waals surface area contributed by atoms with Crippen LogP contribution in [-0.4, -0.2) is 43.1 Å². The summed E-state index contributed by atoms with van der Waals surface area (Å²) >= 11 is 0. The number of benzene rings is 1. The van der Waals surface area contributed by atoms with E-state index in [0.29, 0.717) is 19.5 Å². The Kier molecular flexibility index (Phi) is 4.57. The molecule has 0 spiro atoms. The number of hydrogen-bond donors (Lipinski definition) is 2. The number of carbonyl (C=O) groups excluding carboxylic acids is 2. The lowest BCUT2D eigenvalue weighted by molar-refractivity contribution is -0.131. The van der Waals surface area contributed by atoms with E-state index < -0.39 is 12.1 Å². The monoisotopic (exact) mass is 277 g/mol. The highest BCUT2D eigenvalue weighted by Gasteiger charge is 2.30. The summed E-state index contributed by atoms with van der Waals surface area (Å²) in [4.78, 5) is 25.1. The zero-order valence-electron chi connectivity index (χ0n) is 11.4. The van der Waals surface area contributed by atoms with Crippen LogP contribution in [0.4, 0.5) is 4.79 Å². The van der Waals surface area contributed by atoms with E-state index in [1.54, 1.807) is 4.90 Å². The van der Waals surface area contributed by atoms with Gasteiger partial charge in [-0.1, -0.05) is 30.3 Å². The summed E-state index contributed by atoms with van der Waals surface area (Å²) < 4.78 is 4.55. The van der Waals surface area contributed by atoms with E-state index >= 15 is 0 Å². The molecule has 0 aliphatic carbocycles. The molecule has 1 fully saturated rings. The maximum absolute atomic E-state index is 12.3. The van der Waals surface area contributed by atoms with Crippen molar-refractivity contribution in [3.05, 3.63) is 35.9 Å². The Morgan fingerprint density at radius 2 is 2.10 bits per heavy atom. The van der Waals surface area contributed by atoms with Crippen molar-refractivity contribution in [1.82, 2.24) is 10.2 Å². The number of ether oxygens (including phenoxy) is 1. The van der Waals surface area contributed by atoms with Gasteiger partial charge < -0.3 is 20.7 Å². The highest BCUT2D eigenvalue weighted by Crippen LogP contribution is 2.17. The maximum atomic E-state index is 12.3. The summed E-state index contributed by atoms with van der Waals surface area (Å²) in [5, 5.41) is 2.70. The van der Waals surface area contributed by atoms with Crippen LogP contribution in [-0.2, 0) is 9.53 Å². The Morgan fingerprint density at radius 3 is 2.75 bits per heavy atom. The van der Waals surface area contributed by atoms with Gasteiger partial charge in [-0.25, -0.2) is 4.79 Å². The van der Waals surface area contributed by atoms with Gasteiger partial charge in [0.25, 0.3) is 0 Å². The third kappa shape index (κ3) is 3.27. The molecule has 3 N–H and O–H groups in total. The van der Waals surface area contributed by atoms with Gasteiger partial charge in [0.1, 0.15) is 6.04 Å². The summed E-state index contributed by atoms with van der Waals surface area (Å²) in [6.45, 7) is 1.06. The number of carbonyl (C=O) groups is 2. The quantitative estimate of drug-likeness (QED) is 0.849. The molecule has 2 amide bonds. The predicted molar refractivity (Wildman–Crippen MR) is 73.9 cm³/mol. The Labute approximate surface area is 117 Å². The number of alkyl carbamates (subject to hydrolysis) is 1. The third-order valence-electron chi connectivity index (χ3n) is 3.43. The van der Waals surface area contributed by atoms with Crippen LogP contribution in [0, 0.1) is 0 Å². The van der Waals surface area contributed by atoms with E-state index in [4.69, 9.17) is 5.73 Å². The second-order valence-corrected chi connectivity index (χ2v) is 4.79. The first-order chi connectivity index (χ1) is 9.61. The summed E-state index contributed by atoms with van der Waals surface area (Å²) in [6.07, 6.45) is 0.235. The van der Waals surface area contributed by atoms with Crippen molar-refractivity contribution >= 4 is 12.0 Å². The van der Waals surface area contributed by atoms with Crippen molar-refractivity contribution < 1.29 is 14.3 Å². The second-order valence-electron chi connectivity index (χ2n) is 4.79. The molecule has 20 heavy (non-hydrogen) atoms. The summed E-state index contributed by atoms with van der Waals surface area (Å²) in [6, 6.07) is 8.53. The first-order valence-electron chi connectivity index (χ1n) is 6.55. The molecule has 6 heteroatoms. The summed E-state index contributed by atoms with van der Waals surface area (Å²) in [5.41, 5.74) is 6.78. The van der Waals surface area contributed by atoms with E-state index in [0.717, 1.165) is 5.56 Å². The van der Waals surface area contributed by atoms with Gasteiger partial charge in [0.2, 0.25) is 5.91 Å². The van der Waals surface area contributed by atoms with Crippen molar-refractivity contribution in [2.45, 2.75) is 18.5 Å². The van der Waals surface area contributed by atoms with E-state index in [-0.39, 0.29) is 11.9 Å². The molecule has 6 nitrogen and oxygen atoms in total. The van der Waals surface area contributed by atoms with Crippen LogP contribution < -0.4 is 11.1 Å². The Hall–Kier alpha value is -2.08. The lowest BCUT2D eigenvalue weighted by atomic mass is 10.1. The molecule has 1 aromatic rings. The molecule has 2 rings (SSSR count). The van der Waals surface area contributed by atoms with Crippen molar-refractivity contribution in [2.24, 2.45) is 5.73 Å². The minimum atomic E-state index is -0.659. The van der Waals surface area contributed by atoms with Crippen LogP contribution in [0.25, 0.3) is 0 Å². The normalized spacial score (nSPS) is 19.5. The molecule has 1 aliphatic rings. The van der Waals surface area contributed by atoms with Crippen LogP contribution in [0.3, 0.4) is 0 Å². The number of amides is 2. The second kappa shape index (κ2) is 6.38. The molecular formula is C14H19N3O3. The Morgan fingerprint density at radius 1 is 1.40 bits per heavy atom. The van der Waals surface area contributed by atoms with Gasteiger partial charge in [0, 0.05) is 13.1 Å². The minimum absolute atomic E-state index is 0.0747. The summed E-state index contributed by atoms with van der Waals surface area (Å²) in [5.74, 6) is -0.120. The number of nitrogens with two attached hydrogens (primary N) is 1. The van der Waals surface area contributed by atoms with Crippen molar-refractivity contribution in [2.75, 3.05) is 20.2 Å². The van der Waals surface area contributed by atoms with Crippen LogP contribution >= 0.6 is 0 Å². The highest BCUT2D eigenvalue weighted by atomic mass is 16.5. The lowest BCUT2D eigenvalue weighted by Crippen LogP contribution is -2.41. The number of nitrogens with one attached hydrogen (secondary N) is 1. The lowest BCUT2D eigenvalue weighted by Gasteiger charge is -2.21. The van der Waals surface area contributed by atoms with Crippen molar-refractivity contribution in [1.29, 1.82) is 0 Å². The zero-order valence-corrected chi connectivity index (χ0v) is 11.4. The average molecular weight is 277 g/mol. The molecule has 1 saturated heterocycles. The van der Waals surface area contributed by atoms with Gasteiger partial charge in [-0.3, -0.25) is 4.79 Å². The zero-order chi connectivity index (χ0) is 14.5. The first-order valence-corrected chi connectivity index (χ1v) is 6.55. The fourth-order valence-electron chi connectivity index (χ4n) is 2.30. The minimum Gasteiger partial charge on any atom is -0.453 e. The Bertz CT molecular complexity index is 478. The van der Waals surface area contributed by atoms with Gasteiger partial charge in [-0.2, -0.15) is 0 Å². The molecule has 1 unspecified atom stereocenters. The van der Waals surface area contributed by atoms with Gasteiger partial charge >= 0.3 is 6.09 Å². The van der Waals surface area contributed by atoms with Crippen LogP contribution in [0.1, 0.15) is 18.0 Å². The van der Waals surface area contributed by atoms with E-state index in [2.05, 4.69) is 10.1 Å². The van der Waals surface area contributed by atoms with Crippen molar-refractivity contribution in [3.8, 4) is 0 Å². The molecule has 0 aromatic heterocycles. The Balaban J connectivity index is 1.93. The molecular weight excluding hydrogens is 258 g/mol. The third-order valence-corrected chi connectivity index (χ3v) is 3.43. The smallest absolute Gasteiger partial charge is 0.407 e. The molecule has 2 atom stereocenters. The number of rotatable bonds is 3. The van der Waals surface area contributed by atoms with Crippen molar-refractivity contribution in [3.63, 3.8) is 0 Å². The van der Waals surface area contributed by atoms with Crippen LogP contribution in [0.15, 0.2) is 30.3 Å². The molecule has 0 radical (unpaired) electrons. The molecule has 108 valence electrons. The van der Waals surface area contributed by atoms with Gasteiger partial charge in [-0.05, 0) is 12.0 Å². The van der Waals surface area contributed by atoms with Gasteiger partial charge in [-0.15, -0.1) is 0 Å². The molecule has 1 aromatic carbocycles. The number of methoxy groups -OCH3 is 1. The van der Waals surface area contributed by atoms with E-state index in [1.165, 1.54) is 7.11 Å². The number of nitrogens with zero attached hydrogens (tertiary/aromatic N) is 1. The van der Waals surface area contributed by atoms with Crippen LogP contribution in [0.5, 0.6) is 0 Å². The fraction of sp³-hybridized carbons (Fsp3) is 0.429.